The second-order valence-electron chi connectivity index (χ2n) is 12.2. The monoisotopic (exact) mass is 687 g/mol. The molecule has 5 aromatic rings. The molecule has 1 fully saturated rings. The summed E-state index contributed by atoms with van der Waals surface area (Å²) >= 11 is 1.62. The number of amides is 1. The molecule has 10 heteroatoms. The maximum Gasteiger partial charge on any atom is 0.280 e. The number of anilines is 1. The highest BCUT2D eigenvalue weighted by molar-refractivity contribution is 8.00. The van der Waals surface area contributed by atoms with Crippen molar-refractivity contribution in [2.24, 2.45) is 5.10 Å². The smallest absolute Gasteiger partial charge is 0.267 e. The second kappa shape index (κ2) is 14.4. The van der Waals surface area contributed by atoms with Crippen molar-refractivity contribution in [3.63, 3.8) is 0 Å². The zero-order chi connectivity index (χ0) is 33.8. The minimum atomic E-state index is -3.69. The Morgan fingerprint density at radius 3 is 2.16 bits per heavy atom. The number of aryl methyl sites for hydroxylation is 1. The summed E-state index contributed by atoms with van der Waals surface area (Å²) in [5.74, 6) is 0.247. The first-order valence-electron chi connectivity index (χ1n) is 16.5. The number of nitrogens with zero attached hydrogens (tertiary/aromatic N) is 5. The Kier molecular flexibility index (Phi) is 9.61. The van der Waals surface area contributed by atoms with Gasteiger partial charge < -0.3 is 0 Å². The lowest BCUT2D eigenvalue weighted by molar-refractivity contribution is -0.114. The van der Waals surface area contributed by atoms with Gasteiger partial charge in [-0.05, 0) is 74.4 Å². The molecule has 8 nitrogen and oxygen atoms in total. The highest BCUT2D eigenvalue weighted by atomic mass is 32.2. The SMILES string of the molecule is Cc1ccc(SCC2=NN(c3ccccc3)C(=O)C2=Cc2cn(-c3ccccc3)nc2-c2cccc(S(=O)(=O)N3CCCCCC3)c2)cc1. The molecule has 4 aromatic carbocycles. The Morgan fingerprint density at radius 2 is 1.47 bits per heavy atom. The van der Waals surface area contributed by atoms with Crippen molar-refractivity contribution in [1.29, 1.82) is 0 Å². The quantitative estimate of drug-likeness (QED) is 0.116. The molecule has 7 rings (SSSR count). The molecule has 0 aliphatic carbocycles. The van der Waals surface area contributed by atoms with Crippen molar-refractivity contribution in [3.8, 4) is 16.9 Å². The van der Waals surface area contributed by atoms with E-state index in [4.69, 9.17) is 10.2 Å². The molecule has 2 aliphatic heterocycles. The molecule has 0 atom stereocenters. The van der Waals surface area contributed by atoms with Crippen LogP contribution in [-0.2, 0) is 14.8 Å². The van der Waals surface area contributed by atoms with E-state index in [9.17, 15) is 13.2 Å². The number of hydrogen-bond acceptors (Lipinski definition) is 6. The summed E-state index contributed by atoms with van der Waals surface area (Å²) in [6.45, 7) is 3.10. The van der Waals surface area contributed by atoms with Crippen LogP contribution in [0, 0.1) is 6.92 Å². The molecule has 0 unspecified atom stereocenters. The Balaban J connectivity index is 1.31. The van der Waals surface area contributed by atoms with Gasteiger partial charge in [0, 0.05) is 41.1 Å². The van der Waals surface area contributed by atoms with Crippen molar-refractivity contribution < 1.29 is 13.2 Å². The summed E-state index contributed by atoms with van der Waals surface area (Å²) in [6.07, 6.45) is 7.53. The number of hydrazone groups is 1. The Hall–Kier alpha value is -4.77. The summed E-state index contributed by atoms with van der Waals surface area (Å²) in [6, 6.07) is 34.4. The Bertz CT molecular complexity index is 2120. The van der Waals surface area contributed by atoms with Gasteiger partial charge in [-0.1, -0.05) is 79.1 Å². The summed E-state index contributed by atoms with van der Waals surface area (Å²) in [5, 5.41) is 11.2. The van der Waals surface area contributed by atoms with Gasteiger partial charge in [0.25, 0.3) is 5.91 Å². The third kappa shape index (κ3) is 7.17. The second-order valence-corrected chi connectivity index (χ2v) is 15.2. The van der Waals surface area contributed by atoms with Crippen molar-refractivity contribution in [1.82, 2.24) is 14.1 Å². The van der Waals surface area contributed by atoms with Gasteiger partial charge in [0.1, 0.15) is 5.69 Å². The van der Waals surface area contributed by atoms with Crippen LogP contribution in [0.1, 0.15) is 36.8 Å². The van der Waals surface area contributed by atoms with E-state index in [0.717, 1.165) is 36.3 Å². The van der Waals surface area contributed by atoms with E-state index in [1.54, 1.807) is 38.9 Å². The van der Waals surface area contributed by atoms with Crippen LogP contribution in [0.25, 0.3) is 23.0 Å². The molecule has 248 valence electrons. The third-order valence-electron chi connectivity index (χ3n) is 8.73. The first-order chi connectivity index (χ1) is 23.9. The number of carbonyl (C=O) groups excluding carboxylic acids is 1. The van der Waals surface area contributed by atoms with Crippen LogP contribution in [-0.4, -0.2) is 53.0 Å². The fourth-order valence-corrected chi connectivity index (χ4v) is 8.47. The van der Waals surface area contributed by atoms with Crippen LogP contribution in [0.5, 0.6) is 0 Å². The van der Waals surface area contributed by atoms with Gasteiger partial charge in [-0.3, -0.25) is 4.79 Å². The predicted octanol–water partition coefficient (Wildman–Crippen LogP) is 7.99. The van der Waals surface area contributed by atoms with Crippen molar-refractivity contribution in [2.75, 3.05) is 23.9 Å². The normalized spacial score (nSPS) is 16.6. The van der Waals surface area contributed by atoms with Crippen LogP contribution < -0.4 is 5.01 Å². The molecule has 0 spiro atoms. The van der Waals surface area contributed by atoms with E-state index < -0.39 is 10.0 Å². The Labute approximate surface area is 291 Å². The van der Waals surface area contributed by atoms with Crippen LogP contribution in [0.4, 0.5) is 5.69 Å². The first kappa shape index (κ1) is 32.8. The van der Waals surface area contributed by atoms with Crippen molar-refractivity contribution in [2.45, 2.75) is 42.4 Å². The van der Waals surface area contributed by atoms with Crippen molar-refractivity contribution in [3.05, 3.63) is 132 Å². The maximum absolute atomic E-state index is 14.1. The zero-order valence-electron chi connectivity index (χ0n) is 27.3. The van der Waals surface area contributed by atoms with Crippen LogP contribution >= 0.6 is 11.8 Å². The average molecular weight is 688 g/mol. The number of carbonyl (C=O) groups is 1. The van der Waals surface area contributed by atoms with Gasteiger partial charge in [0.15, 0.2) is 0 Å². The molecule has 0 N–H and O–H groups in total. The van der Waals surface area contributed by atoms with E-state index in [1.165, 1.54) is 10.6 Å². The molecule has 0 bridgehead atoms. The number of hydrogen-bond donors (Lipinski definition) is 0. The zero-order valence-corrected chi connectivity index (χ0v) is 28.9. The fraction of sp³-hybridized carbons (Fsp3) is 0.205. The topological polar surface area (TPSA) is 87.9 Å². The lowest BCUT2D eigenvalue weighted by Crippen LogP contribution is -2.31. The molecule has 0 radical (unpaired) electrons. The molecule has 49 heavy (non-hydrogen) atoms. The standard InChI is InChI=1S/C39H37N5O3S2/c1-29-19-21-34(22-20-29)48-28-37-36(39(45)44(40-37)33-16-8-5-9-17-33)26-31-27-43(32-14-6-4-7-15-32)41-38(31)30-13-12-18-35(25-30)49(46,47)42-23-10-2-3-11-24-42/h4-9,12-22,25-27H,2-3,10-11,23-24,28H2,1H3. The van der Waals surface area contributed by atoms with Crippen LogP contribution in [0.3, 0.4) is 0 Å². The van der Waals surface area contributed by atoms with Crippen molar-refractivity contribution >= 4 is 45.2 Å². The minimum Gasteiger partial charge on any atom is -0.267 e. The molecule has 1 saturated heterocycles. The summed E-state index contributed by atoms with van der Waals surface area (Å²) in [7, 11) is -3.69. The van der Waals surface area contributed by atoms with E-state index in [-0.39, 0.29) is 10.8 Å². The minimum absolute atomic E-state index is 0.235. The van der Waals surface area contributed by atoms with Gasteiger partial charge in [-0.25, -0.2) is 13.1 Å². The number of aromatic nitrogens is 2. The van der Waals surface area contributed by atoms with E-state index in [2.05, 4.69) is 31.2 Å². The number of benzene rings is 4. The summed E-state index contributed by atoms with van der Waals surface area (Å²) in [5.41, 5.74) is 5.71. The summed E-state index contributed by atoms with van der Waals surface area (Å²) < 4.78 is 31.0. The molecule has 3 heterocycles. The maximum atomic E-state index is 14.1. The van der Waals surface area contributed by atoms with Gasteiger partial charge in [-0.15, -0.1) is 11.8 Å². The highest BCUT2D eigenvalue weighted by Crippen LogP contribution is 2.33. The van der Waals surface area contributed by atoms with E-state index >= 15 is 0 Å². The number of para-hydroxylation sites is 2. The fourth-order valence-electron chi connectivity index (χ4n) is 6.06. The van der Waals surface area contributed by atoms with E-state index in [1.807, 2.05) is 79.0 Å². The van der Waals surface area contributed by atoms with Gasteiger partial charge >= 0.3 is 0 Å². The van der Waals surface area contributed by atoms with Crippen LogP contribution in [0.15, 0.2) is 136 Å². The van der Waals surface area contributed by atoms with Crippen LogP contribution in [0.2, 0.25) is 0 Å². The average Bonchev–Trinajstić information content (AvgIpc) is 3.56. The molecular weight excluding hydrogens is 651 g/mol. The molecule has 2 aliphatic rings. The molecule has 1 amide bonds. The van der Waals surface area contributed by atoms with E-state index in [0.29, 0.717) is 52.6 Å². The van der Waals surface area contributed by atoms with Gasteiger partial charge in [0.2, 0.25) is 10.0 Å². The molecular formula is C39H37N5O3S2. The number of thioether (sulfide) groups is 1. The number of sulfonamides is 1. The lowest BCUT2D eigenvalue weighted by Gasteiger charge is -2.20. The van der Waals surface area contributed by atoms with Gasteiger partial charge in [-0.2, -0.15) is 19.5 Å². The predicted molar refractivity (Wildman–Crippen MR) is 197 cm³/mol. The third-order valence-corrected chi connectivity index (χ3v) is 11.6. The molecule has 1 aromatic heterocycles. The lowest BCUT2D eigenvalue weighted by atomic mass is 10.0. The molecule has 0 saturated carbocycles. The largest absolute Gasteiger partial charge is 0.280 e. The summed E-state index contributed by atoms with van der Waals surface area (Å²) in [4.78, 5) is 15.4. The van der Waals surface area contributed by atoms with Gasteiger partial charge in [0.05, 0.1) is 27.6 Å². The first-order valence-corrected chi connectivity index (χ1v) is 18.9. The number of rotatable bonds is 9. The highest BCUT2D eigenvalue weighted by Gasteiger charge is 2.32. The Morgan fingerprint density at radius 1 is 0.796 bits per heavy atom.